The SMILES string of the molecule is CCc1ccccc1NC(=O)CSCc1cccc(Br)c1. The summed E-state index contributed by atoms with van der Waals surface area (Å²) in [4.78, 5) is 12.0. The van der Waals surface area contributed by atoms with Gasteiger partial charge in [-0.1, -0.05) is 53.2 Å². The highest BCUT2D eigenvalue weighted by Gasteiger charge is 2.06. The van der Waals surface area contributed by atoms with Crippen LogP contribution in [0.1, 0.15) is 18.1 Å². The number of benzene rings is 2. The fraction of sp³-hybridized carbons (Fsp3) is 0.235. The molecule has 0 bridgehead atoms. The maximum atomic E-state index is 12.0. The molecule has 0 aliphatic heterocycles. The molecule has 2 nitrogen and oxygen atoms in total. The van der Waals surface area contributed by atoms with Crippen LogP contribution in [0.2, 0.25) is 0 Å². The fourth-order valence-corrected chi connectivity index (χ4v) is 3.25. The smallest absolute Gasteiger partial charge is 0.234 e. The quantitative estimate of drug-likeness (QED) is 0.791. The number of hydrogen-bond acceptors (Lipinski definition) is 2. The number of carbonyl (C=O) groups is 1. The summed E-state index contributed by atoms with van der Waals surface area (Å²) < 4.78 is 1.07. The predicted molar refractivity (Wildman–Crippen MR) is 94.8 cm³/mol. The molecule has 1 N–H and O–H groups in total. The molecule has 21 heavy (non-hydrogen) atoms. The second-order valence-corrected chi connectivity index (χ2v) is 6.58. The van der Waals surface area contributed by atoms with E-state index < -0.39 is 0 Å². The molecule has 0 saturated heterocycles. The molecule has 4 heteroatoms. The van der Waals surface area contributed by atoms with Crippen LogP contribution in [0, 0.1) is 0 Å². The number of para-hydroxylation sites is 1. The number of anilines is 1. The van der Waals surface area contributed by atoms with Crippen LogP contribution in [-0.2, 0) is 17.0 Å². The zero-order valence-corrected chi connectivity index (χ0v) is 14.3. The summed E-state index contributed by atoms with van der Waals surface area (Å²) in [5.41, 5.74) is 3.31. The monoisotopic (exact) mass is 363 g/mol. The molecule has 0 heterocycles. The van der Waals surface area contributed by atoms with E-state index in [1.165, 1.54) is 11.1 Å². The lowest BCUT2D eigenvalue weighted by atomic mass is 10.1. The number of thioether (sulfide) groups is 1. The highest BCUT2D eigenvalue weighted by molar-refractivity contribution is 9.10. The standard InChI is InChI=1S/C17H18BrNOS/c1-2-14-7-3-4-9-16(14)19-17(20)12-21-11-13-6-5-8-15(18)10-13/h3-10H,2,11-12H2,1H3,(H,19,20). The Bertz CT molecular complexity index is 615. The summed E-state index contributed by atoms with van der Waals surface area (Å²) in [5.74, 6) is 1.35. The molecule has 0 unspecified atom stereocenters. The Hall–Kier alpha value is -1.26. The third-order valence-corrected chi connectivity index (χ3v) is 4.56. The van der Waals surface area contributed by atoms with E-state index in [-0.39, 0.29) is 5.91 Å². The minimum absolute atomic E-state index is 0.0518. The van der Waals surface area contributed by atoms with E-state index in [4.69, 9.17) is 0 Å². The van der Waals surface area contributed by atoms with Crippen molar-refractivity contribution in [3.8, 4) is 0 Å². The number of nitrogens with one attached hydrogen (secondary N) is 1. The Morgan fingerprint density at radius 3 is 2.76 bits per heavy atom. The maximum Gasteiger partial charge on any atom is 0.234 e. The summed E-state index contributed by atoms with van der Waals surface area (Å²) >= 11 is 5.08. The van der Waals surface area contributed by atoms with Crippen molar-refractivity contribution >= 4 is 39.3 Å². The van der Waals surface area contributed by atoms with Crippen molar-refractivity contribution < 1.29 is 4.79 Å². The van der Waals surface area contributed by atoms with Crippen LogP contribution < -0.4 is 5.32 Å². The van der Waals surface area contributed by atoms with E-state index in [9.17, 15) is 4.79 Å². The first-order valence-electron chi connectivity index (χ1n) is 6.89. The third kappa shape index (κ3) is 5.21. The largest absolute Gasteiger partial charge is 0.325 e. The molecule has 2 aromatic carbocycles. The summed E-state index contributed by atoms with van der Waals surface area (Å²) in [6, 6.07) is 16.1. The number of amides is 1. The first kappa shape index (κ1) is 16.1. The topological polar surface area (TPSA) is 29.1 Å². The van der Waals surface area contributed by atoms with E-state index in [1.807, 2.05) is 36.4 Å². The molecular weight excluding hydrogens is 346 g/mol. The van der Waals surface area contributed by atoms with Crippen molar-refractivity contribution in [3.05, 3.63) is 64.1 Å². The van der Waals surface area contributed by atoms with Gasteiger partial charge in [0.1, 0.15) is 0 Å². The molecule has 0 spiro atoms. The van der Waals surface area contributed by atoms with Crippen molar-refractivity contribution in [2.24, 2.45) is 0 Å². The predicted octanol–water partition coefficient (Wildman–Crippen LogP) is 4.88. The molecule has 0 fully saturated rings. The zero-order valence-electron chi connectivity index (χ0n) is 11.9. The van der Waals surface area contributed by atoms with Crippen LogP contribution in [0.4, 0.5) is 5.69 Å². The Kier molecular flexibility index (Phi) is 6.33. The lowest BCUT2D eigenvalue weighted by Gasteiger charge is -2.09. The van der Waals surface area contributed by atoms with E-state index in [1.54, 1.807) is 11.8 Å². The van der Waals surface area contributed by atoms with E-state index in [0.717, 1.165) is 22.3 Å². The highest BCUT2D eigenvalue weighted by Crippen LogP contribution is 2.19. The van der Waals surface area contributed by atoms with Gasteiger partial charge >= 0.3 is 0 Å². The molecule has 2 rings (SSSR count). The van der Waals surface area contributed by atoms with Crippen molar-refractivity contribution in [1.82, 2.24) is 0 Å². The first-order chi connectivity index (χ1) is 10.2. The number of hydrogen-bond donors (Lipinski definition) is 1. The lowest BCUT2D eigenvalue weighted by Crippen LogP contribution is -2.15. The summed E-state index contributed by atoms with van der Waals surface area (Å²) in [7, 11) is 0. The Morgan fingerprint density at radius 2 is 2.00 bits per heavy atom. The van der Waals surface area contributed by atoms with Crippen LogP contribution in [-0.4, -0.2) is 11.7 Å². The number of carbonyl (C=O) groups excluding carboxylic acids is 1. The number of aryl methyl sites for hydroxylation is 1. The Morgan fingerprint density at radius 1 is 1.19 bits per heavy atom. The van der Waals surface area contributed by atoms with Crippen LogP contribution in [0.5, 0.6) is 0 Å². The summed E-state index contributed by atoms with van der Waals surface area (Å²) in [5, 5.41) is 2.99. The van der Waals surface area contributed by atoms with E-state index in [2.05, 4.69) is 40.3 Å². The van der Waals surface area contributed by atoms with Crippen molar-refractivity contribution in [1.29, 1.82) is 0 Å². The number of rotatable bonds is 6. The normalized spacial score (nSPS) is 10.4. The van der Waals surface area contributed by atoms with Crippen LogP contribution in [0.3, 0.4) is 0 Å². The van der Waals surface area contributed by atoms with Gasteiger partial charge in [0.05, 0.1) is 5.75 Å². The van der Waals surface area contributed by atoms with Gasteiger partial charge in [-0.15, -0.1) is 11.8 Å². The second kappa shape index (κ2) is 8.25. The van der Waals surface area contributed by atoms with Gasteiger partial charge in [0, 0.05) is 15.9 Å². The molecule has 0 radical (unpaired) electrons. The van der Waals surface area contributed by atoms with Gasteiger partial charge < -0.3 is 5.32 Å². The van der Waals surface area contributed by atoms with E-state index >= 15 is 0 Å². The van der Waals surface area contributed by atoms with Crippen molar-refractivity contribution in [3.63, 3.8) is 0 Å². The average molecular weight is 364 g/mol. The van der Waals surface area contributed by atoms with Gasteiger partial charge in [0.2, 0.25) is 5.91 Å². The zero-order chi connectivity index (χ0) is 15.1. The molecule has 0 aliphatic carbocycles. The summed E-state index contributed by atoms with van der Waals surface area (Å²) in [6.07, 6.45) is 0.918. The summed E-state index contributed by atoms with van der Waals surface area (Å²) in [6.45, 7) is 2.09. The first-order valence-corrected chi connectivity index (χ1v) is 8.83. The van der Waals surface area contributed by atoms with Gasteiger partial charge in [0.25, 0.3) is 0 Å². The average Bonchev–Trinajstić information content (AvgIpc) is 2.48. The Labute approximate surface area is 138 Å². The number of halogens is 1. The molecule has 2 aromatic rings. The molecule has 110 valence electrons. The maximum absolute atomic E-state index is 12.0. The minimum Gasteiger partial charge on any atom is -0.325 e. The van der Waals surface area contributed by atoms with Gasteiger partial charge in [0.15, 0.2) is 0 Å². The van der Waals surface area contributed by atoms with Gasteiger partial charge in [-0.25, -0.2) is 0 Å². The van der Waals surface area contributed by atoms with Crippen molar-refractivity contribution in [2.75, 3.05) is 11.1 Å². The second-order valence-electron chi connectivity index (χ2n) is 4.68. The molecular formula is C17H18BrNOS. The van der Waals surface area contributed by atoms with Gasteiger partial charge in [-0.2, -0.15) is 0 Å². The van der Waals surface area contributed by atoms with Gasteiger partial charge in [-0.3, -0.25) is 4.79 Å². The van der Waals surface area contributed by atoms with Gasteiger partial charge in [-0.05, 0) is 35.7 Å². The molecule has 0 aromatic heterocycles. The van der Waals surface area contributed by atoms with E-state index in [0.29, 0.717) is 5.75 Å². The molecule has 0 saturated carbocycles. The minimum atomic E-state index is 0.0518. The fourth-order valence-electron chi connectivity index (χ4n) is 2.03. The molecule has 0 atom stereocenters. The lowest BCUT2D eigenvalue weighted by molar-refractivity contribution is -0.113. The highest BCUT2D eigenvalue weighted by atomic mass is 79.9. The van der Waals surface area contributed by atoms with Crippen LogP contribution >= 0.6 is 27.7 Å². The van der Waals surface area contributed by atoms with Crippen molar-refractivity contribution in [2.45, 2.75) is 19.1 Å². The Balaban J connectivity index is 1.82. The third-order valence-electron chi connectivity index (χ3n) is 3.06. The molecule has 1 amide bonds. The van der Waals surface area contributed by atoms with Crippen LogP contribution in [0.25, 0.3) is 0 Å². The van der Waals surface area contributed by atoms with Crippen LogP contribution in [0.15, 0.2) is 53.0 Å². The molecule has 0 aliphatic rings.